The number of nitrogens with one attached hydrogen (secondary N) is 1. The number of aliphatic imine (C=N–C) groups is 1. The largest absolute Gasteiger partial charge is 0.454 e. The van der Waals surface area contributed by atoms with E-state index in [-0.39, 0.29) is 25.3 Å². The molecular formula is C20H17ClN4O4. The van der Waals surface area contributed by atoms with Crippen molar-refractivity contribution < 1.29 is 19.1 Å². The van der Waals surface area contributed by atoms with Crippen LogP contribution in [0.25, 0.3) is 0 Å². The predicted octanol–water partition coefficient (Wildman–Crippen LogP) is 3.10. The standard InChI is InChI=1S/C20H17ClN4O4/c21-12-2-4-14-15(8-12)25(20(27)24-7-1-6-22-19(14)24)10-18(26)23-13-3-5-16-17(9-13)29-11-28-16/h2-5,8-9H,1,6-7,10-11H2,(H,23,26). The van der Waals surface area contributed by atoms with E-state index >= 15 is 0 Å². The molecule has 0 atom stereocenters. The molecule has 148 valence electrons. The van der Waals surface area contributed by atoms with Crippen LogP contribution >= 0.6 is 11.6 Å². The van der Waals surface area contributed by atoms with Crippen LogP contribution in [0, 0.1) is 0 Å². The van der Waals surface area contributed by atoms with E-state index in [4.69, 9.17) is 21.1 Å². The van der Waals surface area contributed by atoms with Gasteiger partial charge in [-0.1, -0.05) is 11.6 Å². The molecule has 0 bridgehead atoms. The number of fused-ring (bicyclic) bond motifs is 4. The van der Waals surface area contributed by atoms with E-state index in [1.807, 2.05) is 6.07 Å². The fourth-order valence-electron chi connectivity index (χ4n) is 3.66. The Bertz CT molecular complexity index is 1050. The maximum Gasteiger partial charge on any atom is 0.330 e. The van der Waals surface area contributed by atoms with Crippen molar-refractivity contribution in [3.63, 3.8) is 0 Å². The molecular weight excluding hydrogens is 396 g/mol. The number of nitrogens with zero attached hydrogens (tertiary/aromatic N) is 3. The lowest BCUT2D eigenvalue weighted by atomic mass is 10.1. The number of rotatable bonds is 3. The minimum absolute atomic E-state index is 0.148. The molecule has 3 heterocycles. The van der Waals surface area contributed by atoms with Crippen LogP contribution in [0.3, 0.4) is 0 Å². The molecule has 3 amide bonds. The van der Waals surface area contributed by atoms with E-state index in [1.165, 1.54) is 4.90 Å². The number of hydrogen-bond acceptors (Lipinski definition) is 5. The third kappa shape index (κ3) is 3.15. The van der Waals surface area contributed by atoms with Crippen LogP contribution in [0.15, 0.2) is 41.4 Å². The smallest absolute Gasteiger partial charge is 0.330 e. The van der Waals surface area contributed by atoms with Crippen molar-refractivity contribution in [1.82, 2.24) is 4.90 Å². The number of ether oxygens (including phenoxy) is 2. The van der Waals surface area contributed by atoms with Gasteiger partial charge in [-0.3, -0.25) is 19.6 Å². The molecule has 2 aromatic rings. The molecule has 0 spiro atoms. The Morgan fingerprint density at radius 3 is 2.93 bits per heavy atom. The lowest BCUT2D eigenvalue weighted by Crippen LogP contribution is -2.54. The first-order valence-electron chi connectivity index (χ1n) is 9.23. The lowest BCUT2D eigenvalue weighted by Gasteiger charge is -2.39. The second-order valence-electron chi connectivity index (χ2n) is 6.86. The second kappa shape index (κ2) is 6.97. The summed E-state index contributed by atoms with van der Waals surface area (Å²) in [4.78, 5) is 33.4. The van der Waals surface area contributed by atoms with Gasteiger partial charge in [-0.25, -0.2) is 4.79 Å². The van der Waals surface area contributed by atoms with Gasteiger partial charge in [-0.2, -0.15) is 0 Å². The van der Waals surface area contributed by atoms with E-state index in [2.05, 4.69) is 10.3 Å². The van der Waals surface area contributed by atoms with Crippen molar-refractivity contribution in [3.8, 4) is 11.5 Å². The Kier molecular flexibility index (Phi) is 4.28. The molecule has 1 N–H and O–H groups in total. The number of carbonyl (C=O) groups excluding carboxylic acids is 2. The number of benzene rings is 2. The van der Waals surface area contributed by atoms with Crippen molar-refractivity contribution >= 4 is 40.7 Å². The van der Waals surface area contributed by atoms with Crippen LogP contribution in [0.2, 0.25) is 5.02 Å². The first-order chi connectivity index (χ1) is 14.1. The molecule has 9 heteroatoms. The molecule has 0 fully saturated rings. The Balaban J connectivity index is 1.42. The van der Waals surface area contributed by atoms with E-state index in [0.717, 1.165) is 12.0 Å². The van der Waals surface area contributed by atoms with Gasteiger partial charge in [0.15, 0.2) is 11.5 Å². The van der Waals surface area contributed by atoms with E-state index < -0.39 is 0 Å². The van der Waals surface area contributed by atoms with Crippen LogP contribution in [0.4, 0.5) is 16.2 Å². The number of amides is 3. The fourth-order valence-corrected chi connectivity index (χ4v) is 3.83. The SMILES string of the molecule is O=C(CN1C(=O)N2CCCN=C2c2ccc(Cl)cc21)Nc1ccc2c(c1)OCO2. The number of halogens is 1. The lowest BCUT2D eigenvalue weighted by molar-refractivity contribution is -0.114. The Hall–Kier alpha value is -3.26. The molecule has 3 aliphatic heterocycles. The molecule has 0 aromatic heterocycles. The van der Waals surface area contributed by atoms with Gasteiger partial charge in [0.1, 0.15) is 12.4 Å². The molecule has 2 aromatic carbocycles. The zero-order chi connectivity index (χ0) is 20.0. The molecule has 0 saturated carbocycles. The zero-order valence-electron chi connectivity index (χ0n) is 15.4. The highest BCUT2D eigenvalue weighted by molar-refractivity contribution is 6.31. The quantitative estimate of drug-likeness (QED) is 0.839. The summed E-state index contributed by atoms with van der Waals surface area (Å²) in [6.07, 6.45) is 0.787. The number of hydrogen-bond donors (Lipinski definition) is 1. The van der Waals surface area contributed by atoms with E-state index in [9.17, 15) is 9.59 Å². The normalized spacial score (nSPS) is 16.9. The monoisotopic (exact) mass is 412 g/mol. The van der Waals surface area contributed by atoms with E-state index in [1.54, 1.807) is 35.2 Å². The summed E-state index contributed by atoms with van der Waals surface area (Å²) in [5.74, 6) is 1.51. The molecule has 8 nitrogen and oxygen atoms in total. The maximum atomic E-state index is 13.1. The zero-order valence-corrected chi connectivity index (χ0v) is 16.1. The highest BCUT2D eigenvalue weighted by Crippen LogP contribution is 2.35. The number of amidine groups is 1. The van der Waals surface area contributed by atoms with Crippen LogP contribution in [0.5, 0.6) is 11.5 Å². The minimum atomic E-state index is -0.333. The molecule has 29 heavy (non-hydrogen) atoms. The highest BCUT2D eigenvalue weighted by atomic mass is 35.5. The Labute approximate surface area is 171 Å². The van der Waals surface area contributed by atoms with Gasteiger partial charge >= 0.3 is 6.03 Å². The average molecular weight is 413 g/mol. The Morgan fingerprint density at radius 2 is 2.03 bits per heavy atom. The van der Waals surface area contributed by atoms with Crippen LogP contribution < -0.4 is 19.7 Å². The second-order valence-corrected chi connectivity index (χ2v) is 7.29. The average Bonchev–Trinajstić information content (AvgIpc) is 3.19. The molecule has 3 aliphatic rings. The summed E-state index contributed by atoms with van der Waals surface area (Å²) < 4.78 is 10.6. The third-order valence-electron chi connectivity index (χ3n) is 4.97. The topological polar surface area (TPSA) is 83.5 Å². The van der Waals surface area contributed by atoms with Gasteiger partial charge in [-0.05, 0) is 36.8 Å². The summed E-state index contributed by atoms with van der Waals surface area (Å²) >= 11 is 6.17. The highest BCUT2D eigenvalue weighted by Gasteiger charge is 2.37. The fraction of sp³-hybridized carbons (Fsp3) is 0.250. The summed E-state index contributed by atoms with van der Waals surface area (Å²) in [7, 11) is 0. The van der Waals surface area contributed by atoms with Crippen LogP contribution in [0.1, 0.15) is 12.0 Å². The molecule has 0 unspecified atom stereocenters. The number of urea groups is 1. The Morgan fingerprint density at radius 1 is 1.17 bits per heavy atom. The van der Waals surface area contributed by atoms with Crippen LogP contribution in [-0.2, 0) is 4.79 Å². The first kappa shape index (κ1) is 17.8. The van der Waals surface area contributed by atoms with Gasteiger partial charge in [0, 0.05) is 35.4 Å². The maximum absolute atomic E-state index is 13.1. The summed E-state index contributed by atoms with van der Waals surface area (Å²) in [5, 5.41) is 3.30. The number of carbonyl (C=O) groups is 2. The third-order valence-corrected chi connectivity index (χ3v) is 5.20. The van der Waals surface area contributed by atoms with Gasteiger partial charge < -0.3 is 14.8 Å². The van der Waals surface area contributed by atoms with Crippen molar-refractivity contribution in [3.05, 3.63) is 47.0 Å². The van der Waals surface area contributed by atoms with Gasteiger partial charge in [0.2, 0.25) is 12.7 Å². The summed E-state index contributed by atoms with van der Waals surface area (Å²) in [6.45, 7) is 1.25. The predicted molar refractivity (Wildman–Crippen MR) is 108 cm³/mol. The molecule has 0 saturated heterocycles. The van der Waals surface area contributed by atoms with Gasteiger partial charge in [-0.15, -0.1) is 0 Å². The van der Waals surface area contributed by atoms with Crippen molar-refractivity contribution in [2.75, 3.05) is 36.6 Å². The molecule has 5 rings (SSSR count). The first-order valence-corrected chi connectivity index (χ1v) is 9.61. The van der Waals surface area contributed by atoms with Crippen molar-refractivity contribution in [1.29, 1.82) is 0 Å². The molecule has 0 aliphatic carbocycles. The van der Waals surface area contributed by atoms with Crippen LogP contribution in [-0.4, -0.2) is 49.1 Å². The minimum Gasteiger partial charge on any atom is -0.454 e. The number of anilines is 2. The summed E-state index contributed by atoms with van der Waals surface area (Å²) in [5.41, 5.74) is 1.94. The van der Waals surface area contributed by atoms with Crippen molar-refractivity contribution in [2.24, 2.45) is 4.99 Å². The van der Waals surface area contributed by atoms with E-state index in [0.29, 0.717) is 46.8 Å². The van der Waals surface area contributed by atoms with Crippen molar-refractivity contribution in [2.45, 2.75) is 6.42 Å². The summed E-state index contributed by atoms with van der Waals surface area (Å²) in [6, 6.07) is 10.2. The van der Waals surface area contributed by atoms with Gasteiger partial charge in [0.25, 0.3) is 0 Å². The van der Waals surface area contributed by atoms with Gasteiger partial charge in [0.05, 0.1) is 5.69 Å². The molecule has 0 radical (unpaired) electrons.